The van der Waals surface area contributed by atoms with E-state index in [9.17, 15) is 4.79 Å². The van der Waals surface area contributed by atoms with Gasteiger partial charge in [0.05, 0.1) is 18.9 Å². The van der Waals surface area contributed by atoms with E-state index in [2.05, 4.69) is 9.80 Å². The molecule has 1 aromatic heterocycles. The third kappa shape index (κ3) is 4.19. The van der Waals surface area contributed by atoms with Crippen molar-refractivity contribution in [3.63, 3.8) is 0 Å². The third-order valence-corrected chi connectivity index (χ3v) is 5.46. The first-order valence-corrected chi connectivity index (χ1v) is 9.35. The lowest BCUT2D eigenvalue weighted by Gasteiger charge is -2.36. The fourth-order valence-electron chi connectivity index (χ4n) is 4.01. The van der Waals surface area contributed by atoms with Gasteiger partial charge < -0.3 is 19.0 Å². The number of rotatable bonds is 5. The number of ether oxygens (including phenoxy) is 1. The second-order valence-corrected chi connectivity index (χ2v) is 7.02. The zero-order valence-electron chi connectivity index (χ0n) is 14.8. The first kappa shape index (κ1) is 17.5. The topological polar surface area (TPSA) is 45.9 Å². The molecule has 134 valence electrons. The van der Waals surface area contributed by atoms with E-state index in [1.165, 1.54) is 12.8 Å². The highest BCUT2D eigenvalue weighted by atomic mass is 16.5. The Bertz CT molecular complexity index is 495. The number of carbonyl (C=O) groups excluding carboxylic acids is 1. The molecule has 2 aliphatic heterocycles. The molecule has 0 saturated carbocycles. The van der Waals surface area contributed by atoms with Gasteiger partial charge in [-0.3, -0.25) is 4.79 Å². The molecule has 0 radical (unpaired) electrons. The lowest BCUT2D eigenvalue weighted by Crippen LogP contribution is -2.44. The predicted molar refractivity (Wildman–Crippen MR) is 92.7 cm³/mol. The first-order valence-electron chi connectivity index (χ1n) is 9.35. The van der Waals surface area contributed by atoms with Gasteiger partial charge in [0.2, 0.25) is 5.91 Å². The lowest BCUT2D eigenvalue weighted by atomic mass is 9.94. The molecule has 2 saturated heterocycles. The Balaban J connectivity index is 1.62. The summed E-state index contributed by atoms with van der Waals surface area (Å²) in [7, 11) is 1.74. The van der Waals surface area contributed by atoms with Crippen LogP contribution in [0.5, 0.6) is 0 Å². The van der Waals surface area contributed by atoms with E-state index in [1.807, 2.05) is 12.1 Å². The van der Waals surface area contributed by atoms with Gasteiger partial charge in [-0.15, -0.1) is 0 Å². The Morgan fingerprint density at radius 3 is 2.75 bits per heavy atom. The van der Waals surface area contributed by atoms with Crippen molar-refractivity contribution in [2.75, 3.05) is 39.9 Å². The Morgan fingerprint density at radius 1 is 1.21 bits per heavy atom. The van der Waals surface area contributed by atoms with Crippen LogP contribution in [0.15, 0.2) is 22.8 Å². The van der Waals surface area contributed by atoms with Crippen LogP contribution in [0.25, 0.3) is 0 Å². The van der Waals surface area contributed by atoms with Crippen LogP contribution < -0.4 is 0 Å². The van der Waals surface area contributed by atoms with Gasteiger partial charge in [0.15, 0.2) is 0 Å². The summed E-state index contributed by atoms with van der Waals surface area (Å²) in [5.74, 6) is 1.45. The van der Waals surface area contributed by atoms with Crippen LogP contribution >= 0.6 is 0 Å². The molecule has 3 heterocycles. The van der Waals surface area contributed by atoms with Crippen LogP contribution in [0.3, 0.4) is 0 Å². The summed E-state index contributed by atoms with van der Waals surface area (Å²) in [6.45, 7) is 4.60. The van der Waals surface area contributed by atoms with Crippen molar-refractivity contribution in [2.45, 2.75) is 44.6 Å². The highest BCUT2D eigenvalue weighted by Gasteiger charge is 2.34. The minimum atomic E-state index is 0.126. The van der Waals surface area contributed by atoms with Gasteiger partial charge in [0.25, 0.3) is 0 Å². The van der Waals surface area contributed by atoms with Gasteiger partial charge >= 0.3 is 0 Å². The maximum absolute atomic E-state index is 13.2. The van der Waals surface area contributed by atoms with Crippen molar-refractivity contribution in [2.24, 2.45) is 5.92 Å². The molecule has 3 rings (SSSR count). The first-order chi connectivity index (χ1) is 11.8. The number of methoxy groups -OCH3 is 1. The van der Waals surface area contributed by atoms with Gasteiger partial charge in [-0.05, 0) is 50.9 Å². The fourth-order valence-corrected chi connectivity index (χ4v) is 4.01. The fraction of sp³-hybridized carbons (Fsp3) is 0.737. The molecule has 2 fully saturated rings. The van der Waals surface area contributed by atoms with Gasteiger partial charge in [0.1, 0.15) is 5.76 Å². The van der Waals surface area contributed by atoms with Crippen molar-refractivity contribution in [3.8, 4) is 0 Å². The van der Waals surface area contributed by atoms with Gasteiger partial charge in [-0.2, -0.15) is 0 Å². The molecule has 24 heavy (non-hydrogen) atoms. The Hall–Kier alpha value is -1.33. The van der Waals surface area contributed by atoms with E-state index in [4.69, 9.17) is 9.15 Å². The molecule has 0 aromatic carbocycles. The van der Waals surface area contributed by atoms with Crippen LogP contribution in [0.4, 0.5) is 0 Å². The SMILES string of the molecule is COCCN1CCC(C(=O)N2CCCCC[C@@H]2c2ccco2)CC1. The molecule has 0 N–H and O–H groups in total. The van der Waals surface area contributed by atoms with E-state index in [0.717, 1.165) is 64.2 Å². The van der Waals surface area contributed by atoms with E-state index < -0.39 is 0 Å². The molecule has 5 nitrogen and oxygen atoms in total. The van der Waals surface area contributed by atoms with Gasteiger partial charge in [-0.1, -0.05) is 12.8 Å². The number of amides is 1. The Labute approximate surface area is 144 Å². The van der Waals surface area contributed by atoms with Gasteiger partial charge in [0, 0.05) is 26.1 Å². The molecule has 5 heteroatoms. The molecule has 1 atom stereocenters. The van der Waals surface area contributed by atoms with Crippen LogP contribution in [-0.4, -0.2) is 55.6 Å². The molecule has 0 aliphatic carbocycles. The third-order valence-electron chi connectivity index (χ3n) is 5.46. The van der Waals surface area contributed by atoms with E-state index in [-0.39, 0.29) is 12.0 Å². The number of hydrogen-bond donors (Lipinski definition) is 0. The van der Waals surface area contributed by atoms with E-state index >= 15 is 0 Å². The molecular formula is C19H30N2O3. The molecule has 1 aromatic rings. The Morgan fingerprint density at radius 2 is 2.04 bits per heavy atom. The molecule has 1 amide bonds. The largest absolute Gasteiger partial charge is 0.467 e. The minimum Gasteiger partial charge on any atom is -0.467 e. The molecule has 0 bridgehead atoms. The molecule has 2 aliphatic rings. The summed E-state index contributed by atoms with van der Waals surface area (Å²) in [6, 6.07) is 4.07. The summed E-state index contributed by atoms with van der Waals surface area (Å²) < 4.78 is 10.8. The smallest absolute Gasteiger partial charge is 0.226 e. The summed E-state index contributed by atoms with van der Waals surface area (Å²) >= 11 is 0. The monoisotopic (exact) mass is 334 g/mol. The van der Waals surface area contributed by atoms with Crippen molar-refractivity contribution in [1.82, 2.24) is 9.80 Å². The quantitative estimate of drug-likeness (QED) is 0.830. The molecular weight excluding hydrogens is 304 g/mol. The standard InChI is InChI=1S/C19H30N2O3/c1-23-15-13-20-11-8-16(9-12-20)19(22)21-10-4-2-3-6-17(21)18-7-5-14-24-18/h5,7,14,16-17H,2-4,6,8-13,15H2,1H3/t17-/m1/s1. The van der Waals surface area contributed by atoms with Crippen LogP contribution in [0, 0.1) is 5.92 Å². The maximum atomic E-state index is 13.2. The summed E-state index contributed by atoms with van der Waals surface area (Å²) in [5.41, 5.74) is 0. The van der Waals surface area contributed by atoms with Gasteiger partial charge in [-0.25, -0.2) is 0 Å². The van der Waals surface area contributed by atoms with Crippen LogP contribution in [0.2, 0.25) is 0 Å². The summed E-state index contributed by atoms with van der Waals surface area (Å²) in [5, 5.41) is 0. The minimum absolute atomic E-state index is 0.126. The Kier molecular flexibility index (Phi) is 6.32. The number of piperidine rings is 1. The number of hydrogen-bond acceptors (Lipinski definition) is 4. The maximum Gasteiger partial charge on any atom is 0.226 e. The number of carbonyl (C=O) groups is 1. The number of likely N-dealkylation sites (tertiary alicyclic amines) is 2. The van der Waals surface area contributed by atoms with Crippen molar-refractivity contribution >= 4 is 5.91 Å². The zero-order chi connectivity index (χ0) is 16.8. The van der Waals surface area contributed by atoms with Crippen LogP contribution in [-0.2, 0) is 9.53 Å². The highest BCUT2D eigenvalue weighted by Crippen LogP contribution is 2.33. The molecule has 0 unspecified atom stereocenters. The molecule has 0 spiro atoms. The van der Waals surface area contributed by atoms with Crippen molar-refractivity contribution < 1.29 is 13.9 Å². The number of furan rings is 1. The summed E-state index contributed by atoms with van der Waals surface area (Å²) in [4.78, 5) is 17.7. The van der Waals surface area contributed by atoms with Crippen LogP contribution in [0.1, 0.15) is 50.3 Å². The van der Waals surface area contributed by atoms with Crippen molar-refractivity contribution in [3.05, 3.63) is 24.2 Å². The van der Waals surface area contributed by atoms with E-state index in [0.29, 0.717) is 5.91 Å². The lowest BCUT2D eigenvalue weighted by molar-refractivity contribution is -0.140. The average Bonchev–Trinajstić information content (AvgIpc) is 3.04. The predicted octanol–water partition coefficient (Wildman–Crippen LogP) is 3.08. The summed E-state index contributed by atoms with van der Waals surface area (Å²) in [6.07, 6.45) is 8.15. The van der Waals surface area contributed by atoms with E-state index in [1.54, 1.807) is 13.4 Å². The second kappa shape index (κ2) is 8.67. The average molecular weight is 334 g/mol. The number of nitrogens with zero attached hydrogens (tertiary/aromatic N) is 2. The van der Waals surface area contributed by atoms with Crippen molar-refractivity contribution in [1.29, 1.82) is 0 Å². The normalized spacial score (nSPS) is 24.0. The highest BCUT2D eigenvalue weighted by molar-refractivity contribution is 5.79. The zero-order valence-corrected chi connectivity index (χ0v) is 14.8. The second-order valence-electron chi connectivity index (χ2n) is 7.02.